The van der Waals surface area contributed by atoms with Crippen LogP contribution >= 0.6 is 15.9 Å². The number of alkyl halides is 1. The summed E-state index contributed by atoms with van der Waals surface area (Å²) in [5, 5.41) is 3.06. The second kappa shape index (κ2) is 3.05. The second-order valence-electron chi connectivity index (χ2n) is 2.96. The van der Waals surface area contributed by atoms with Crippen molar-refractivity contribution in [1.29, 1.82) is 0 Å². The number of rotatable bonds is 0. The molecule has 1 aliphatic rings. The fourth-order valence-corrected chi connectivity index (χ4v) is 2.01. The van der Waals surface area contributed by atoms with Crippen LogP contribution < -0.4 is 5.32 Å². The maximum atomic E-state index is 12.9. The van der Waals surface area contributed by atoms with Gasteiger partial charge in [0.1, 0.15) is 6.17 Å². The average molecular weight is 230 g/mol. The van der Waals surface area contributed by atoms with Gasteiger partial charge in [0.25, 0.3) is 0 Å². The molecule has 0 saturated carbocycles. The Labute approximate surface area is 79.1 Å². The molecule has 0 amide bonds. The molecule has 1 aromatic carbocycles. The van der Waals surface area contributed by atoms with Crippen molar-refractivity contribution in [2.75, 3.05) is 11.9 Å². The van der Waals surface area contributed by atoms with Crippen molar-refractivity contribution in [1.82, 2.24) is 0 Å². The number of nitrogens with one attached hydrogen (secondary N) is 1. The summed E-state index contributed by atoms with van der Waals surface area (Å²) in [6.07, 6.45) is -0.214. The van der Waals surface area contributed by atoms with Crippen molar-refractivity contribution in [3.63, 3.8) is 0 Å². The number of para-hydroxylation sites is 1. The van der Waals surface area contributed by atoms with Crippen LogP contribution in [0.25, 0.3) is 0 Å². The van der Waals surface area contributed by atoms with Crippen molar-refractivity contribution in [3.8, 4) is 0 Å². The van der Waals surface area contributed by atoms with E-state index in [0.29, 0.717) is 13.0 Å². The number of hydrogen-bond donors (Lipinski definition) is 1. The van der Waals surface area contributed by atoms with E-state index in [1.54, 1.807) is 0 Å². The summed E-state index contributed by atoms with van der Waals surface area (Å²) in [4.78, 5) is 0. The van der Waals surface area contributed by atoms with E-state index in [-0.39, 0.29) is 0 Å². The molecule has 0 aromatic heterocycles. The van der Waals surface area contributed by atoms with E-state index in [2.05, 4.69) is 21.2 Å². The number of hydrogen-bond acceptors (Lipinski definition) is 1. The summed E-state index contributed by atoms with van der Waals surface area (Å²) in [6, 6.07) is 5.85. The van der Waals surface area contributed by atoms with E-state index in [9.17, 15) is 4.39 Å². The van der Waals surface area contributed by atoms with Crippen LogP contribution in [0.15, 0.2) is 22.7 Å². The number of anilines is 1. The van der Waals surface area contributed by atoms with E-state index in [4.69, 9.17) is 0 Å². The molecule has 0 spiro atoms. The summed E-state index contributed by atoms with van der Waals surface area (Å²) in [5.41, 5.74) is 2.11. The van der Waals surface area contributed by atoms with Gasteiger partial charge in [-0.2, -0.15) is 0 Å². The zero-order valence-electron chi connectivity index (χ0n) is 6.48. The SMILES string of the molecule is FC1CNc2c(Br)cccc2C1. The third-order valence-corrected chi connectivity index (χ3v) is 2.70. The molecule has 64 valence electrons. The van der Waals surface area contributed by atoms with Gasteiger partial charge in [-0.1, -0.05) is 12.1 Å². The van der Waals surface area contributed by atoms with Gasteiger partial charge in [-0.3, -0.25) is 0 Å². The van der Waals surface area contributed by atoms with Gasteiger partial charge in [0, 0.05) is 17.4 Å². The molecule has 1 unspecified atom stereocenters. The molecule has 1 atom stereocenters. The molecule has 2 rings (SSSR count). The first-order chi connectivity index (χ1) is 5.77. The lowest BCUT2D eigenvalue weighted by Gasteiger charge is -2.21. The Morgan fingerprint density at radius 2 is 2.33 bits per heavy atom. The first kappa shape index (κ1) is 8.05. The van der Waals surface area contributed by atoms with Gasteiger partial charge < -0.3 is 5.32 Å². The van der Waals surface area contributed by atoms with E-state index in [0.717, 1.165) is 15.7 Å². The molecule has 3 heteroatoms. The van der Waals surface area contributed by atoms with Gasteiger partial charge in [-0.05, 0) is 27.6 Å². The number of fused-ring (bicyclic) bond motifs is 1. The minimum absolute atomic E-state index is 0.426. The van der Waals surface area contributed by atoms with Gasteiger partial charge in [0.15, 0.2) is 0 Å². The van der Waals surface area contributed by atoms with Gasteiger partial charge in [-0.25, -0.2) is 4.39 Å². The Hall–Kier alpha value is -0.570. The highest BCUT2D eigenvalue weighted by Crippen LogP contribution is 2.30. The standard InChI is InChI=1S/C9H9BrFN/c10-8-3-1-2-6-4-7(11)5-12-9(6)8/h1-3,7,12H,4-5H2. The summed E-state index contributed by atoms with van der Waals surface area (Å²) in [5.74, 6) is 0. The summed E-state index contributed by atoms with van der Waals surface area (Å²) < 4.78 is 13.9. The molecule has 1 aromatic rings. The Morgan fingerprint density at radius 3 is 3.17 bits per heavy atom. The maximum Gasteiger partial charge on any atom is 0.121 e. The van der Waals surface area contributed by atoms with Crippen molar-refractivity contribution in [3.05, 3.63) is 28.2 Å². The molecule has 0 aliphatic carbocycles. The molecular formula is C9H9BrFN. The zero-order valence-corrected chi connectivity index (χ0v) is 8.07. The zero-order chi connectivity index (χ0) is 8.55. The maximum absolute atomic E-state index is 12.9. The van der Waals surface area contributed by atoms with Crippen molar-refractivity contribution in [2.45, 2.75) is 12.6 Å². The minimum Gasteiger partial charge on any atom is -0.381 e. The summed E-state index contributed by atoms with van der Waals surface area (Å²) in [6.45, 7) is 0.426. The molecule has 1 heterocycles. The average Bonchev–Trinajstić information content (AvgIpc) is 2.04. The van der Waals surface area contributed by atoms with E-state index in [1.165, 1.54) is 0 Å². The number of benzene rings is 1. The quantitative estimate of drug-likeness (QED) is 0.722. The molecule has 0 fully saturated rings. The lowest BCUT2D eigenvalue weighted by atomic mass is 10.0. The third-order valence-electron chi connectivity index (χ3n) is 2.04. The number of halogens is 2. The van der Waals surface area contributed by atoms with E-state index < -0.39 is 6.17 Å². The van der Waals surface area contributed by atoms with Gasteiger partial charge in [-0.15, -0.1) is 0 Å². The highest BCUT2D eigenvalue weighted by molar-refractivity contribution is 9.10. The van der Waals surface area contributed by atoms with Crippen LogP contribution in [0.4, 0.5) is 10.1 Å². The van der Waals surface area contributed by atoms with Crippen molar-refractivity contribution in [2.24, 2.45) is 0 Å². The molecule has 1 N–H and O–H groups in total. The Morgan fingerprint density at radius 1 is 1.50 bits per heavy atom. The second-order valence-corrected chi connectivity index (χ2v) is 3.81. The fraction of sp³-hybridized carbons (Fsp3) is 0.333. The summed E-state index contributed by atoms with van der Waals surface area (Å²) >= 11 is 3.42. The minimum atomic E-state index is -0.744. The largest absolute Gasteiger partial charge is 0.381 e. The van der Waals surface area contributed by atoms with Crippen LogP contribution in [0, 0.1) is 0 Å². The topological polar surface area (TPSA) is 12.0 Å². The van der Waals surface area contributed by atoms with Crippen molar-refractivity contribution < 1.29 is 4.39 Å². The lowest BCUT2D eigenvalue weighted by Crippen LogP contribution is -2.24. The molecule has 1 nitrogen and oxygen atoms in total. The molecule has 0 saturated heterocycles. The van der Waals surface area contributed by atoms with Crippen LogP contribution in [0.2, 0.25) is 0 Å². The van der Waals surface area contributed by atoms with Crippen LogP contribution in [-0.2, 0) is 6.42 Å². The monoisotopic (exact) mass is 229 g/mol. The first-order valence-electron chi connectivity index (χ1n) is 3.92. The van der Waals surface area contributed by atoms with Crippen LogP contribution in [-0.4, -0.2) is 12.7 Å². The highest BCUT2D eigenvalue weighted by atomic mass is 79.9. The smallest absolute Gasteiger partial charge is 0.121 e. The van der Waals surface area contributed by atoms with Gasteiger partial charge >= 0.3 is 0 Å². The predicted molar refractivity (Wildman–Crippen MR) is 51.2 cm³/mol. The molecule has 12 heavy (non-hydrogen) atoms. The van der Waals surface area contributed by atoms with Gasteiger partial charge in [0.05, 0.1) is 5.69 Å². The highest BCUT2D eigenvalue weighted by Gasteiger charge is 2.18. The Balaban J connectivity index is 2.42. The van der Waals surface area contributed by atoms with Crippen molar-refractivity contribution >= 4 is 21.6 Å². The Kier molecular flexibility index (Phi) is 2.05. The molecular weight excluding hydrogens is 221 g/mol. The third kappa shape index (κ3) is 1.33. The molecule has 0 radical (unpaired) electrons. The molecule has 1 aliphatic heterocycles. The van der Waals surface area contributed by atoms with E-state index >= 15 is 0 Å². The van der Waals surface area contributed by atoms with Crippen LogP contribution in [0.5, 0.6) is 0 Å². The van der Waals surface area contributed by atoms with E-state index in [1.807, 2.05) is 18.2 Å². The first-order valence-corrected chi connectivity index (χ1v) is 4.72. The van der Waals surface area contributed by atoms with Gasteiger partial charge in [0.2, 0.25) is 0 Å². The predicted octanol–water partition coefficient (Wildman–Crippen LogP) is 2.76. The van der Waals surface area contributed by atoms with Crippen LogP contribution in [0.1, 0.15) is 5.56 Å². The fourth-order valence-electron chi connectivity index (χ4n) is 1.46. The summed E-state index contributed by atoms with van der Waals surface area (Å²) in [7, 11) is 0. The Bertz CT molecular complexity index is 301. The molecule has 0 bridgehead atoms. The normalized spacial score (nSPS) is 21.3. The lowest BCUT2D eigenvalue weighted by molar-refractivity contribution is 0.342. The van der Waals surface area contributed by atoms with Crippen LogP contribution in [0.3, 0.4) is 0 Å².